The van der Waals surface area contributed by atoms with Gasteiger partial charge in [-0.15, -0.1) is 0 Å². The summed E-state index contributed by atoms with van der Waals surface area (Å²) < 4.78 is 0.964. The Morgan fingerprint density at radius 2 is 1.25 bits per heavy atom. The molecule has 0 fully saturated rings. The van der Waals surface area contributed by atoms with Gasteiger partial charge in [0.15, 0.2) is 0 Å². The van der Waals surface area contributed by atoms with Crippen molar-refractivity contribution in [2.45, 2.75) is 0 Å². The maximum Gasteiger partial charge on any atom is 0.257 e. The van der Waals surface area contributed by atoms with Crippen LogP contribution in [0.1, 0.15) is 20.7 Å². The Morgan fingerprint density at radius 3 is 2.00 bits per heavy atom. The van der Waals surface area contributed by atoms with Gasteiger partial charge >= 0.3 is 0 Å². The first kappa shape index (κ1) is 21.6. The number of anilines is 4. The van der Waals surface area contributed by atoms with E-state index in [9.17, 15) is 9.59 Å². The van der Waals surface area contributed by atoms with Gasteiger partial charge in [-0.25, -0.2) is 0 Å². The van der Waals surface area contributed by atoms with E-state index in [0.29, 0.717) is 22.5 Å². The Kier molecular flexibility index (Phi) is 6.81. The SMILES string of the molecule is O=C(Nc1ccccc1C(=O)Nc1ccc(Nc2ccccc2)cc1)c1cccc(I)c1. The van der Waals surface area contributed by atoms with E-state index in [0.717, 1.165) is 14.9 Å². The zero-order valence-corrected chi connectivity index (χ0v) is 19.2. The second-order valence-corrected chi connectivity index (χ2v) is 8.28. The minimum Gasteiger partial charge on any atom is -0.356 e. The Balaban J connectivity index is 1.45. The van der Waals surface area contributed by atoms with Gasteiger partial charge in [-0.05, 0) is 89.3 Å². The molecule has 158 valence electrons. The third-order valence-electron chi connectivity index (χ3n) is 4.71. The van der Waals surface area contributed by atoms with Crippen molar-refractivity contribution in [3.63, 3.8) is 0 Å². The molecule has 4 rings (SSSR count). The Hall–Kier alpha value is -3.65. The first-order valence-corrected chi connectivity index (χ1v) is 11.1. The molecule has 0 bridgehead atoms. The van der Waals surface area contributed by atoms with Crippen LogP contribution in [0.15, 0.2) is 103 Å². The monoisotopic (exact) mass is 533 g/mol. The van der Waals surface area contributed by atoms with Crippen molar-refractivity contribution < 1.29 is 9.59 Å². The maximum atomic E-state index is 12.9. The molecule has 5 nitrogen and oxygen atoms in total. The molecule has 0 aliphatic rings. The smallest absolute Gasteiger partial charge is 0.257 e. The van der Waals surface area contributed by atoms with Crippen molar-refractivity contribution in [1.82, 2.24) is 0 Å². The molecule has 0 unspecified atom stereocenters. The van der Waals surface area contributed by atoms with Crippen LogP contribution < -0.4 is 16.0 Å². The van der Waals surface area contributed by atoms with Gasteiger partial charge in [0.25, 0.3) is 11.8 Å². The molecule has 4 aromatic rings. The summed E-state index contributed by atoms with van der Waals surface area (Å²) in [6, 6.07) is 31.5. The Morgan fingerprint density at radius 1 is 0.594 bits per heavy atom. The number of hydrogen-bond acceptors (Lipinski definition) is 3. The van der Waals surface area contributed by atoms with Gasteiger partial charge in [0.1, 0.15) is 0 Å². The van der Waals surface area contributed by atoms with Gasteiger partial charge in [-0.3, -0.25) is 9.59 Å². The van der Waals surface area contributed by atoms with Crippen molar-refractivity contribution >= 4 is 57.2 Å². The highest BCUT2D eigenvalue weighted by molar-refractivity contribution is 14.1. The average Bonchev–Trinajstić information content (AvgIpc) is 2.81. The number of rotatable bonds is 6. The third kappa shape index (κ3) is 5.53. The van der Waals surface area contributed by atoms with Crippen LogP contribution in [0.5, 0.6) is 0 Å². The summed E-state index contributed by atoms with van der Waals surface area (Å²) in [6.45, 7) is 0. The van der Waals surface area contributed by atoms with Crippen LogP contribution in [0.4, 0.5) is 22.7 Å². The number of carbonyl (C=O) groups is 2. The minimum atomic E-state index is -0.299. The number of hydrogen-bond donors (Lipinski definition) is 3. The largest absolute Gasteiger partial charge is 0.356 e. The predicted octanol–water partition coefficient (Wildman–Crippen LogP) is 6.54. The van der Waals surface area contributed by atoms with E-state index in [1.165, 1.54) is 0 Å². The van der Waals surface area contributed by atoms with Crippen LogP contribution in [-0.4, -0.2) is 11.8 Å². The summed E-state index contributed by atoms with van der Waals surface area (Å²) in [4.78, 5) is 25.5. The fourth-order valence-electron chi connectivity index (χ4n) is 3.14. The van der Waals surface area contributed by atoms with Crippen molar-refractivity contribution in [3.05, 3.63) is 118 Å². The van der Waals surface area contributed by atoms with E-state index in [4.69, 9.17) is 0 Å². The lowest BCUT2D eigenvalue weighted by Crippen LogP contribution is -2.18. The topological polar surface area (TPSA) is 70.2 Å². The molecule has 0 radical (unpaired) electrons. The lowest BCUT2D eigenvalue weighted by atomic mass is 10.1. The number of halogens is 1. The first-order chi connectivity index (χ1) is 15.6. The summed E-state index contributed by atoms with van der Waals surface area (Å²) in [5.74, 6) is -0.563. The van der Waals surface area contributed by atoms with Crippen LogP contribution >= 0.6 is 22.6 Å². The second kappa shape index (κ2) is 10.1. The van der Waals surface area contributed by atoms with Crippen LogP contribution in [0.3, 0.4) is 0 Å². The molecule has 0 saturated carbocycles. The Bertz CT molecular complexity index is 1240. The quantitative estimate of drug-likeness (QED) is 0.247. The van der Waals surface area contributed by atoms with Gasteiger partial charge in [0.2, 0.25) is 0 Å². The van der Waals surface area contributed by atoms with E-state index >= 15 is 0 Å². The van der Waals surface area contributed by atoms with Crippen LogP contribution in [0, 0.1) is 3.57 Å². The fraction of sp³-hybridized carbons (Fsp3) is 0. The minimum absolute atomic E-state index is 0.264. The van der Waals surface area contributed by atoms with E-state index in [1.807, 2.05) is 66.7 Å². The highest BCUT2D eigenvalue weighted by Crippen LogP contribution is 2.21. The number of benzene rings is 4. The predicted molar refractivity (Wildman–Crippen MR) is 138 cm³/mol. The molecule has 0 spiro atoms. The zero-order valence-electron chi connectivity index (χ0n) is 17.0. The average molecular weight is 533 g/mol. The molecule has 0 aromatic heterocycles. The van der Waals surface area contributed by atoms with Crippen molar-refractivity contribution in [3.8, 4) is 0 Å². The van der Waals surface area contributed by atoms with Crippen LogP contribution in [0.25, 0.3) is 0 Å². The van der Waals surface area contributed by atoms with Gasteiger partial charge in [0.05, 0.1) is 11.3 Å². The highest BCUT2D eigenvalue weighted by Gasteiger charge is 2.14. The molecule has 0 aliphatic carbocycles. The lowest BCUT2D eigenvalue weighted by molar-refractivity contribution is 0.102. The van der Waals surface area contributed by atoms with Gasteiger partial charge in [0, 0.05) is 26.2 Å². The van der Waals surface area contributed by atoms with Crippen molar-refractivity contribution in [1.29, 1.82) is 0 Å². The first-order valence-electron chi connectivity index (χ1n) is 9.98. The summed E-state index contributed by atoms with van der Waals surface area (Å²) >= 11 is 2.16. The molecule has 6 heteroatoms. The molecule has 4 aromatic carbocycles. The molecule has 3 N–H and O–H groups in total. The molecular formula is C26H20IN3O2. The van der Waals surface area contributed by atoms with E-state index in [2.05, 4.69) is 38.5 Å². The number of para-hydroxylation sites is 2. The molecule has 0 aliphatic heterocycles. The van der Waals surface area contributed by atoms with E-state index in [-0.39, 0.29) is 11.8 Å². The number of amides is 2. The number of nitrogens with one attached hydrogen (secondary N) is 3. The molecule has 32 heavy (non-hydrogen) atoms. The standard InChI is InChI=1S/C26H20IN3O2/c27-19-8-6-7-18(17-19)25(31)30-24-12-5-4-11-23(24)26(32)29-22-15-13-21(14-16-22)28-20-9-2-1-3-10-20/h1-17,28H,(H,29,32)(H,30,31). The maximum absolute atomic E-state index is 12.9. The third-order valence-corrected chi connectivity index (χ3v) is 5.38. The summed E-state index contributed by atoms with van der Waals surface area (Å²) in [5.41, 5.74) is 3.94. The highest BCUT2D eigenvalue weighted by atomic mass is 127. The fourth-order valence-corrected chi connectivity index (χ4v) is 3.68. The van der Waals surface area contributed by atoms with E-state index < -0.39 is 0 Å². The van der Waals surface area contributed by atoms with Crippen LogP contribution in [0.2, 0.25) is 0 Å². The van der Waals surface area contributed by atoms with Crippen LogP contribution in [-0.2, 0) is 0 Å². The van der Waals surface area contributed by atoms with E-state index in [1.54, 1.807) is 36.4 Å². The normalized spacial score (nSPS) is 10.3. The van der Waals surface area contributed by atoms with Gasteiger partial charge < -0.3 is 16.0 Å². The number of carbonyl (C=O) groups excluding carboxylic acids is 2. The molecule has 0 heterocycles. The molecule has 0 saturated heterocycles. The Labute approximate surface area is 200 Å². The van der Waals surface area contributed by atoms with Gasteiger partial charge in [-0.2, -0.15) is 0 Å². The van der Waals surface area contributed by atoms with Crippen molar-refractivity contribution in [2.75, 3.05) is 16.0 Å². The lowest BCUT2D eigenvalue weighted by Gasteiger charge is -2.12. The molecular weight excluding hydrogens is 513 g/mol. The summed E-state index contributed by atoms with van der Waals surface area (Å²) in [6.07, 6.45) is 0. The van der Waals surface area contributed by atoms with Gasteiger partial charge in [-0.1, -0.05) is 36.4 Å². The molecule has 2 amide bonds. The van der Waals surface area contributed by atoms with Crippen molar-refractivity contribution in [2.24, 2.45) is 0 Å². The second-order valence-electron chi connectivity index (χ2n) is 7.03. The zero-order chi connectivity index (χ0) is 22.3. The molecule has 0 atom stereocenters. The summed E-state index contributed by atoms with van der Waals surface area (Å²) in [7, 11) is 0. The summed E-state index contributed by atoms with van der Waals surface area (Å²) in [5, 5.41) is 9.04.